The van der Waals surface area contributed by atoms with E-state index in [2.05, 4.69) is 4.72 Å². The largest absolute Gasteiger partial charge is 0.481 e. The van der Waals surface area contributed by atoms with Gasteiger partial charge in [0, 0.05) is 11.9 Å². The molecule has 2 N–H and O–H groups in total. The van der Waals surface area contributed by atoms with E-state index in [-0.39, 0.29) is 11.4 Å². The summed E-state index contributed by atoms with van der Waals surface area (Å²) in [6.45, 7) is 3.41. The van der Waals surface area contributed by atoms with Crippen molar-refractivity contribution < 1.29 is 22.7 Å². The first-order valence-corrected chi connectivity index (χ1v) is 8.42. The predicted octanol–water partition coefficient (Wildman–Crippen LogP) is 2.60. The van der Waals surface area contributed by atoms with Crippen LogP contribution in [0.25, 0.3) is 11.0 Å². The van der Waals surface area contributed by atoms with Gasteiger partial charge in [-0.25, -0.2) is 13.1 Å². The Hall–Kier alpha value is -1.86. The van der Waals surface area contributed by atoms with Crippen molar-refractivity contribution in [2.45, 2.75) is 31.6 Å². The number of hydrogen-bond acceptors (Lipinski definition) is 4. The van der Waals surface area contributed by atoms with Gasteiger partial charge in [0.2, 0.25) is 10.0 Å². The zero-order valence-corrected chi connectivity index (χ0v) is 13.3. The fourth-order valence-corrected chi connectivity index (χ4v) is 3.34. The molecule has 1 aromatic carbocycles. The lowest BCUT2D eigenvalue weighted by Crippen LogP contribution is -2.28. The summed E-state index contributed by atoms with van der Waals surface area (Å²) in [4.78, 5) is 11.1. The second-order valence-corrected chi connectivity index (χ2v) is 7.52. The summed E-state index contributed by atoms with van der Waals surface area (Å²) < 4.78 is 32.3. The Balaban J connectivity index is 2.03. The van der Waals surface area contributed by atoms with Crippen LogP contribution >= 0.6 is 0 Å². The van der Waals surface area contributed by atoms with Crippen LogP contribution in [-0.4, -0.2) is 26.0 Å². The average Bonchev–Trinajstić information content (AvgIpc) is 2.91. The third-order valence-corrected chi connectivity index (χ3v) is 5.07. The summed E-state index contributed by atoms with van der Waals surface area (Å²) in [5.74, 6) is -0.893. The number of aliphatic carboxylic acids is 1. The van der Waals surface area contributed by atoms with Gasteiger partial charge in [-0.3, -0.25) is 4.79 Å². The van der Waals surface area contributed by atoms with Gasteiger partial charge in [-0.1, -0.05) is 12.1 Å². The molecule has 0 aliphatic rings. The van der Waals surface area contributed by atoms with Crippen LogP contribution in [-0.2, 0) is 14.8 Å². The minimum absolute atomic E-state index is 0.0903. The molecule has 0 radical (unpaired) electrons. The molecule has 7 heteroatoms. The van der Waals surface area contributed by atoms with E-state index in [0.29, 0.717) is 18.4 Å². The summed E-state index contributed by atoms with van der Waals surface area (Å²) in [5.41, 5.74) is -0.548. The van der Waals surface area contributed by atoms with Crippen molar-refractivity contribution in [1.82, 2.24) is 4.72 Å². The number of nitrogens with one attached hydrogen (secondary N) is 1. The molecule has 1 aromatic heterocycles. The fraction of sp³-hybridized carbons (Fsp3) is 0.400. The highest BCUT2D eigenvalue weighted by Crippen LogP contribution is 2.24. The predicted molar refractivity (Wildman–Crippen MR) is 82.1 cm³/mol. The van der Waals surface area contributed by atoms with Gasteiger partial charge in [-0.2, -0.15) is 0 Å². The highest BCUT2D eigenvalue weighted by molar-refractivity contribution is 7.89. The summed E-state index contributed by atoms with van der Waals surface area (Å²) >= 11 is 0. The molecule has 6 nitrogen and oxygen atoms in total. The van der Waals surface area contributed by atoms with Crippen LogP contribution in [0.5, 0.6) is 0 Å². The molecule has 2 aromatic rings. The standard InChI is InChI=1S/C15H19NO5S/c1-15(2,14(17)18)8-4-9-16-22(19,20)12-6-3-5-11-7-10-21-13(11)12/h3,5-7,10,16H,4,8-9H2,1-2H3,(H,17,18). The number of benzene rings is 1. The third-order valence-electron chi connectivity index (χ3n) is 3.58. The zero-order valence-electron chi connectivity index (χ0n) is 12.5. The van der Waals surface area contributed by atoms with E-state index in [0.717, 1.165) is 5.39 Å². The Morgan fingerprint density at radius 2 is 2.05 bits per heavy atom. The smallest absolute Gasteiger partial charge is 0.309 e. The number of sulfonamides is 1. The minimum Gasteiger partial charge on any atom is -0.481 e. The molecule has 0 aliphatic heterocycles. The molecule has 0 saturated heterocycles. The van der Waals surface area contributed by atoms with Crippen LogP contribution in [0.15, 0.2) is 39.8 Å². The van der Waals surface area contributed by atoms with Gasteiger partial charge in [-0.05, 0) is 38.8 Å². The van der Waals surface area contributed by atoms with Crippen LogP contribution in [0, 0.1) is 5.41 Å². The zero-order chi connectivity index (χ0) is 16.4. The maximum absolute atomic E-state index is 12.3. The minimum atomic E-state index is -3.69. The third kappa shape index (κ3) is 3.48. The van der Waals surface area contributed by atoms with Crippen LogP contribution in [0.1, 0.15) is 26.7 Å². The maximum Gasteiger partial charge on any atom is 0.309 e. The number of para-hydroxylation sites is 1. The molecule has 0 spiro atoms. The average molecular weight is 325 g/mol. The first-order valence-electron chi connectivity index (χ1n) is 6.93. The van der Waals surface area contributed by atoms with Crippen molar-refractivity contribution in [1.29, 1.82) is 0 Å². The second kappa shape index (κ2) is 6.10. The first kappa shape index (κ1) is 16.5. The molecule has 22 heavy (non-hydrogen) atoms. The Morgan fingerprint density at radius 1 is 1.32 bits per heavy atom. The van der Waals surface area contributed by atoms with Gasteiger partial charge in [-0.15, -0.1) is 0 Å². The van der Waals surface area contributed by atoms with Crippen LogP contribution in [0.4, 0.5) is 0 Å². The molecular weight excluding hydrogens is 306 g/mol. The Labute approximate surface area is 129 Å². The van der Waals surface area contributed by atoms with E-state index in [1.807, 2.05) is 0 Å². The normalized spacial score (nSPS) is 12.6. The maximum atomic E-state index is 12.3. The molecule has 0 saturated carbocycles. The molecule has 1 heterocycles. The molecule has 120 valence electrons. The number of rotatable bonds is 7. The summed E-state index contributed by atoms with van der Waals surface area (Å²) in [5, 5.41) is 9.74. The number of fused-ring (bicyclic) bond motifs is 1. The van der Waals surface area contributed by atoms with Gasteiger partial charge >= 0.3 is 5.97 Å². The van der Waals surface area contributed by atoms with Gasteiger partial charge in [0.25, 0.3) is 0 Å². The van der Waals surface area contributed by atoms with Crippen molar-refractivity contribution in [3.8, 4) is 0 Å². The number of carboxylic acid groups (broad SMARTS) is 1. The fourth-order valence-electron chi connectivity index (χ4n) is 2.10. The molecule has 0 aliphatic carbocycles. The second-order valence-electron chi connectivity index (χ2n) is 5.79. The van der Waals surface area contributed by atoms with E-state index >= 15 is 0 Å². The molecular formula is C15H19NO5S. The van der Waals surface area contributed by atoms with Gasteiger partial charge < -0.3 is 9.52 Å². The van der Waals surface area contributed by atoms with E-state index in [1.165, 1.54) is 12.3 Å². The van der Waals surface area contributed by atoms with Gasteiger partial charge in [0.15, 0.2) is 5.58 Å². The molecule has 0 bridgehead atoms. The Kier molecular flexibility index (Phi) is 4.58. The van der Waals surface area contributed by atoms with Gasteiger partial charge in [0.05, 0.1) is 11.7 Å². The summed E-state index contributed by atoms with van der Waals surface area (Å²) in [6, 6.07) is 6.60. The van der Waals surface area contributed by atoms with Crippen LogP contribution < -0.4 is 4.72 Å². The number of hydrogen-bond donors (Lipinski definition) is 2. The van der Waals surface area contributed by atoms with Crippen molar-refractivity contribution in [3.63, 3.8) is 0 Å². The topological polar surface area (TPSA) is 96.6 Å². The van der Waals surface area contributed by atoms with E-state index < -0.39 is 21.4 Å². The van der Waals surface area contributed by atoms with Crippen molar-refractivity contribution in [2.24, 2.45) is 5.41 Å². The van der Waals surface area contributed by atoms with E-state index in [1.54, 1.807) is 32.0 Å². The summed E-state index contributed by atoms with van der Waals surface area (Å²) in [6.07, 6.45) is 2.27. The summed E-state index contributed by atoms with van der Waals surface area (Å²) in [7, 11) is -3.69. The van der Waals surface area contributed by atoms with Gasteiger partial charge in [0.1, 0.15) is 4.90 Å². The SMILES string of the molecule is CC(C)(CCCNS(=O)(=O)c1cccc2ccoc12)C(=O)O. The number of carboxylic acids is 1. The lowest BCUT2D eigenvalue weighted by atomic mass is 9.88. The highest BCUT2D eigenvalue weighted by Gasteiger charge is 2.26. The lowest BCUT2D eigenvalue weighted by molar-refractivity contribution is -0.147. The Bertz CT molecular complexity index is 776. The van der Waals surface area contributed by atoms with Crippen LogP contribution in [0.3, 0.4) is 0 Å². The van der Waals surface area contributed by atoms with Crippen molar-refractivity contribution in [2.75, 3.05) is 6.54 Å². The lowest BCUT2D eigenvalue weighted by Gasteiger charge is -2.18. The molecule has 0 atom stereocenters. The van der Waals surface area contributed by atoms with Crippen molar-refractivity contribution in [3.05, 3.63) is 30.5 Å². The quantitative estimate of drug-likeness (QED) is 0.763. The monoisotopic (exact) mass is 325 g/mol. The van der Waals surface area contributed by atoms with E-state index in [9.17, 15) is 13.2 Å². The molecule has 0 unspecified atom stereocenters. The molecule has 0 fully saturated rings. The first-order chi connectivity index (χ1) is 10.2. The van der Waals surface area contributed by atoms with Crippen molar-refractivity contribution >= 4 is 27.0 Å². The highest BCUT2D eigenvalue weighted by atomic mass is 32.2. The number of carbonyl (C=O) groups is 1. The van der Waals surface area contributed by atoms with E-state index in [4.69, 9.17) is 9.52 Å². The number of furan rings is 1. The van der Waals surface area contributed by atoms with Crippen LogP contribution in [0.2, 0.25) is 0 Å². The molecule has 0 amide bonds. The molecule has 2 rings (SSSR count). The Morgan fingerprint density at radius 3 is 2.73 bits per heavy atom.